The van der Waals surface area contributed by atoms with Gasteiger partial charge in [-0.1, -0.05) is 51.8 Å². The fourth-order valence-corrected chi connectivity index (χ4v) is 6.61. The van der Waals surface area contributed by atoms with Gasteiger partial charge in [0.25, 0.3) is 5.91 Å². The van der Waals surface area contributed by atoms with Crippen LogP contribution in [0.25, 0.3) is 0 Å². The second-order valence-electron chi connectivity index (χ2n) is 13.4. The largest absolute Gasteiger partial charge is 0.344 e. The molecule has 47 heavy (non-hydrogen) atoms. The van der Waals surface area contributed by atoms with Gasteiger partial charge in [-0.25, -0.2) is 9.02 Å². The molecule has 0 radical (unpaired) electrons. The van der Waals surface area contributed by atoms with Crippen LogP contribution in [0.2, 0.25) is 0 Å². The van der Waals surface area contributed by atoms with Gasteiger partial charge < -0.3 is 20.9 Å². The molecule has 5 atom stereocenters. The highest BCUT2D eigenvalue weighted by Crippen LogP contribution is 2.32. The Morgan fingerprint density at radius 3 is 2.26 bits per heavy atom. The van der Waals surface area contributed by atoms with Gasteiger partial charge >= 0.3 is 0 Å². The summed E-state index contributed by atoms with van der Waals surface area (Å²) in [5.41, 5.74) is 0.869. The molecule has 2 heterocycles. The summed E-state index contributed by atoms with van der Waals surface area (Å²) in [7, 11) is 2.03. The molecule has 1 aliphatic heterocycles. The van der Waals surface area contributed by atoms with Crippen molar-refractivity contribution in [2.24, 2.45) is 11.8 Å². The third kappa shape index (κ3) is 8.54. The Morgan fingerprint density at radius 2 is 1.66 bits per heavy atom. The van der Waals surface area contributed by atoms with Crippen LogP contribution in [-0.4, -0.2) is 88.0 Å². The molecule has 12 nitrogen and oxygen atoms in total. The number of aryl methyl sites for hydroxylation is 1. The summed E-state index contributed by atoms with van der Waals surface area (Å²) >= 11 is 0. The zero-order valence-corrected chi connectivity index (χ0v) is 28.6. The highest BCUT2D eigenvalue weighted by atomic mass is 19.1. The highest BCUT2D eigenvalue weighted by molar-refractivity contribution is 6.01. The monoisotopic (exact) mass is 655 g/mol. The summed E-state index contributed by atoms with van der Waals surface area (Å²) < 4.78 is 20.4. The number of carbonyl (C=O) groups excluding carboxylic acids is 4. The van der Waals surface area contributed by atoms with Crippen molar-refractivity contribution in [2.75, 3.05) is 25.5 Å². The average molecular weight is 656 g/mol. The van der Waals surface area contributed by atoms with Crippen LogP contribution in [0.3, 0.4) is 0 Å². The summed E-state index contributed by atoms with van der Waals surface area (Å²) in [6.07, 6.45) is 3.94. The molecule has 0 unspecified atom stereocenters. The average Bonchev–Trinajstić information content (AvgIpc) is 3.54. The van der Waals surface area contributed by atoms with Crippen molar-refractivity contribution >= 4 is 29.3 Å². The van der Waals surface area contributed by atoms with E-state index in [4.69, 9.17) is 4.63 Å². The van der Waals surface area contributed by atoms with E-state index in [1.54, 1.807) is 24.8 Å². The Kier molecular flexibility index (Phi) is 12.1. The van der Waals surface area contributed by atoms with Crippen LogP contribution in [0.1, 0.15) is 101 Å². The lowest BCUT2D eigenvalue weighted by Crippen LogP contribution is -2.60. The molecule has 1 aromatic carbocycles. The minimum Gasteiger partial charge on any atom is -0.344 e. The number of halogens is 1. The molecule has 13 heteroatoms. The summed E-state index contributed by atoms with van der Waals surface area (Å²) in [6, 6.07) is 2.88. The van der Waals surface area contributed by atoms with E-state index < -0.39 is 35.6 Å². The van der Waals surface area contributed by atoms with Crippen molar-refractivity contribution < 1.29 is 28.2 Å². The molecule has 2 aromatic rings. The number of amides is 4. The summed E-state index contributed by atoms with van der Waals surface area (Å²) in [6.45, 7) is 12.6. The van der Waals surface area contributed by atoms with Gasteiger partial charge in [-0.2, -0.15) is 0 Å². The fraction of sp³-hybridized carbons (Fsp3) is 0.647. The van der Waals surface area contributed by atoms with E-state index >= 15 is 4.39 Å². The van der Waals surface area contributed by atoms with Crippen molar-refractivity contribution in [3.63, 3.8) is 0 Å². The molecular formula is C34H50FN7O5. The number of likely N-dealkylation sites (N-methyl/N-ethyl adjacent to an activating group) is 1. The lowest BCUT2D eigenvalue weighted by atomic mass is 9.79. The summed E-state index contributed by atoms with van der Waals surface area (Å²) in [5.74, 6) is -2.45. The zero-order chi connectivity index (χ0) is 34.4. The molecule has 1 saturated carbocycles. The van der Waals surface area contributed by atoms with Crippen molar-refractivity contribution in [1.82, 2.24) is 30.7 Å². The number of carbonyl (C=O) groups is 4. The molecule has 2 fully saturated rings. The Bertz CT molecular complexity index is 1410. The quantitative estimate of drug-likeness (QED) is 0.330. The first-order valence-electron chi connectivity index (χ1n) is 16.9. The number of anilines is 1. The minimum absolute atomic E-state index is 0.0266. The molecule has 2 aliphatic rings. The Balaban J connectivity index is 1.53. The van der Waals surface area contributed by atoms with E-state index in [0.29, 0.717) is 36.7 Å². The molecule has 258 valence electrons. The normalized spacial score (nSPS) is 23.8. The Labute approximate surface area is 276 Å². The zero-order valence-electron chi connectivity index (χ0n) is 28.6. The van der Waals surface area contributed by atoms with Gasteiger partial charge in [-0.3, -0.25) is 24.1 Å². The molecule has 1 aliphatic carbocycles. The van der Waals surface area contributed by atoms with E-state index in [9.17, 15) is 19.2 Å². The van der Waals surface area contributed by atoms with Crippen molar-refractivity contribution in [3.8, 4) is 0 Å². The molecule has 4 rings (SSSR count). The summed E-state index contributed by atoms with van der Waals surface area (Å²) in [5, 5.41) is 15.9. The van der Waals surface area contributed by atoms with Crippen LogP contribution >= 0.6 is 0 Å². The SMILES string of the molecule is CCC(=O)N[C@@H](C(=O)N1C[C@@H](C)N(C)[C@H](C)C1)[C@@H](C)c1ccc(NC(=O)[C@@H](NC(=O)c2nonc2CC)C2CCC(C)CC2)c(F)c1. The van der Waals surface area contributed by atoms with E-state index in [1.165, 1.54) is 12.1 Å². The van der Waals surface area contributed by atoms with Crippen molar-refractivity contribution in [1.29, 1.82) is 0 Å². The second-order valence-corrected chi connectivity index (χ2v) is 13.4. The molecule has 1 aromatic heterocycles. The molecule has 1 saturated heterocycles. The number of nitrogens with zero attached hydrogens (tertiary/aromatic N) is 4. The standard InChI is InChI=1S/C34H50FN7O5/c1-8-26-31(40-47-39-26)33(45)38-30(23-12-10-19(3)11-13-23)32(44)36-27-15-14-24(16-25(27)35)22(6)29(37-28(43)9-2)34(46)42-17-20(4)41(7)21(5)18-42/h14-16,19-23,29-30H,8-13,17-18H2,1-7H3,(H,36,44)(H,37,43)(H,38,45)/t19?,20-,21-,22+,23?,29-,30+/m1/s1. The maximum atomic E-state index is 15.7. The first-order valence-corrected chi connectivity index (χ1v) is 16.9. The number of benzene rings is 1. The molecular weight excluding hydrogens is 605 g/mol. The third-order valence-corrected chi connectivity index (χ3v) is 10.1. The number of rotatable bonds is 11. The number of piperazine rings is 1. The van der Waals surface area contributed by atoms with E-state index in [-0.39, 0.29) is 47.6 Å². The molecule has 0 bridgehead atoms. The maximum absolute atomic E-state index is 15.7. The first kappa shape index (κ1) is 36.0. The van der Waals surface area contributed by atoms with Gasteiger partial charge in [0.15, 0.2) is 5.69 Å². The number of aromatic nitrogens is 2. The van der Waals surface area contributed by atoms with Crippen molar-refractivity contribution in [3.05, 3.63) is 41.0 Å². The minimum atomic E-state index is -0.922. The predicted molar refractivity (Wildman–Crippen MR) is 175 cm³/mol. The van der Waals surface area contributed by atoms with Gasteiger partial charge in [-0.05, 0) is 74.8 Å². The van der Waals surface area contributed by atoms with Gasteiger partial charge in [-0.15, -0.1) is 0 Å². The smallest absolute Gasteiger partial charge is 0.276 e. The predicted octanol–water partition coefficient (Wildman–Crippen LogP) is 3.88. The lowest BCUT2D eigenvalue weighted by molar-refractivity contribution is -0.140. The van der Waals surface area contributed by atoms with Crippen LogP contribution in [0.15, 0.2) is 22.8 Å². The van der Waals surface area contributed by atoms with Gasteiger partial charge in [0.2, 0.25) is 17.7 Å². The lowest BCUT2D eigenvalue weighted by Gasteiger charge is -2.44. The van der Waals surface area contributed by atoms with E-state index in [0.717, 1.165) is 25.7 Å². The van der Waals surface area contributed by atoms with E-state index in [2.05, 4.69) is 51.9 Å². The van der Waals surface area contributed by atoms with Crippen LogP contribution in [0, 0.1) is 17.7 Å². The number of hydrogen-bond acceptors (Lipinski definition) is 8. The summed E-state index contributed by atoms with van der Waals surface area (Å²) in [4.78, 5) is 57.1. The first-order chi connectivity index (χ1) is 22.3. The van der Waals surface area contributed by atoms with E-state index in [1.807, 2.05) is 14.0 Å². The molecule has 3 N–H and O–H groups in total. The Morgan fingerprint density at radius 1 is 1.00 bits per heavy atom. The topological polar surface area (TPSA) is 150 Å². The second kappa shape index (κ2) is 15.8. The van der Waals surface area contributed by atoms with Crippen molar-refractivity contribution in [2.45, 2.75) is 110 Å². The fourth-order valence-electron chi connectivity index (χ4n) is 6.61. The molecule has 4 amide bonds. The van der Waals surface area contributed by atoms with Crippen LogP contribution in [0.4, 0.5) is 10.1 Å². The molecule has 0 spiro atoms. The van der Waals surface area contributed by atoms with Crippen LogP contribution in [0.5, 0.6) is 0 Å². The van der Waals surface area contributed by atoms with Crippen LogP contribution in [-0.2, 0) is 20.8 Å². The number of nitrogens with one attached hydrogen (secondary N) is 3. The third-order valence-electron chi connectivity index (χ3n) is 10.1. The van der Waals surface area contributed by atoms with Gasteiger partial charge in [0.05, 0.1) is 5.69 Å². The maximum Gasteiger partial charge on any atom is 0.276 e. The van der Waals surface area contributed by atoms with Gasteiger partial charge in [0, 0.05) is 37.5 Å². The number of hydrogen-bond donors (Lipinski definition) is 3. The Hall–Kier alpha value is -3.87. The van der Waals surface area contributed by atoms with Gasteiger partial charge in [0.1, 0.15) is 23.6 Å². The van der Waals surface area contributed by atoms with Crippen LogP contribution < -0.4 is 16.0 Å². The highest BCUT2D eigenvalue weighted by Gasteiger charge is 2.37.